The van der Waals surface area contributed by atoms with E-state index in [4.69, 9.17) is 33.0 Å². The molecule has 0 aliphatic carbocycles. The van der Waals surface area contributed by atoms with Gasteiger partial charge in [-0.1, -0.05) is 47.5 Å². The van der Waals surface area contributed by atoms with Gasteiger partial charge in [0.25, 0.3) is 5.91 Å². The van der Waals surface area contributed by atoms with Crippen LogP contribution in [0.3, 0.4) is 0 Å². The van der Waals surface area contributed by atoms with E-state index in [9.17, 15) is 9.59 Å². The van der Waals surface area contributed by atoms with Crippen molar-refractivity contribution in [1.29, 1.82) is 0 Å². The lowest BCUT2D eigenvalue weighted by molar-refractivity contribution is 0.0951. The summed E-state index contributed by atoms with van der Waals surface area (Å²) >= 11 is 12.2. The molecule has 3 rings (SSSR count). The summed E-state index contributed by atoms with van der Waals surface area (Å²) in [7, 11) is 1.50. The predicted molar refractivity (Wildman–Crippen MR) is 120 cm³/mol. The summed E-state index contributed by atoms with van der Waals surface area (Å²) in [5.74, 6) is 0.360. The molecule has 0 saturated carbocycles. The molecule has 0 bridgehead atoms. The number of benzene rings is 3. The minimum Gasteiger partial charge on any atom is -0.496 e. The Morgan fingerprint density at radius 1 is 1.00 bits per heavy atom. The smallest absolute Gasteiger partial charge is 0.496 e. The number of amides is 1. The molecule has 0 radical (unpaired) electrons. The van der Waals surface area contributed by atoms with Crippen molar-refractivity contribution in [2.45, 2.75) is 6.42 Å². The molecule has 0 aromatic heterocycles. The molecule has 160 valence electrons. The molecule has 0 fully saturated rings. The topological polar surface area (TPSA) is 84.9 Å². The van der Waals surface area contributed by atoms with E-state index in [2.05, 4.69) is 10.1 Å². The first kappa shape index (κ1) is 22.5. The highest BCUT2D eigenvalue weighted by Gasteiger charge is 2.13. The Labute approximate surface area is 189 Å². The molecule has 0 saturated heterocycles. The third-order valence-corrected chi connectivity index (χ3v) is 5.06. The van der Waals surface area contributed by atoms with Crippen LogP contribution in [0.5, 0.6) is 11.5 Å². The first-order chi connectivity index (χ1) is 14.9. The van der Waals surface area contributed by atoms with Crippen LogP contribution in [-0.4, -0.2) is 30.8 Å². The number of carboxylic acid groups (broad SMARTS) is 1. The number of hydrogen-bond acceptors (Lipinski definition) is 4. The lowest BCUT2D eigenvalue weighted by atomic mass is 10.0. The van der Waals surface area contributed by atoms with Crippen LogP contribution in [0.25, 0.3) is 11.1 Å². The van der Waals surface area contributed by atoms with Gasteiger partial charge in [0.05, 0.1) is 17.7 Å². The second-order valence-corrected chi connectivity index (χ2v) is 7.40. The van der Waals surface area contributed by atoms with Crippen LogP contribution >= 0.6 is 23.2 Å². The maximum Gasteiger partial charge on any atom is 0.511 e. The van der Waals surface area contributed by atoms with Gasteiger partial charge in [0.1, 0.15) is 11.5 Å². The van der Waals surface area contributed by atoms with Crippen LogP contribution < -0.4 is 14.8 Å². The Balaban J connectivity index is 1.61. The van der Waals surface area contributed by atoms with Crippen molar-refractivity contribution in [3.8, 4) is 22.6 Å². The van der Waals surface area contributed by atoms with Gasteiger partial charge in [0, 0.05) is 23.2 Å². The second-order valence-electron chi connectivity index (χ2n) is 6.56. The standard InChI is InChI=1S/C23H19Cl2NO5/c1-30-21-9-6-16(24)12-19(21)22(27)26-11-10-14-2-4-15(5-3-14)18-8-7-17(13-20(18)25)31-23(28)29/h2-9,12-13H,10-11H2,1H3,(H,26,27)(H,28,29). The van der Waals surface area contributed by atoms with E-state index in [1.54, 1.807) is 30.3 Å². The zero-order valence-corrected chi connectivity index (χ0v) is 18.0. The molecule has 0 heterocycles. The molecule has 6 nitrogen and oxygen atoms in total. The highest BCUT2D eigenvalue weighted by molar-refractivity contribution is 6.33. The zero-order valence-electron chi connectivity index (χ0n) is 16.5. The van der Waals surface area contributed by atoms with E-state index >= 15 is 0 Å². The Bertz CT molecular complexity index is 1100. The SMILES string of the molecule is COc1ccc(Cl)cc1C(=O)NCCc1ccc(-c2ccc(OC(=O)O)cc2Cl)cc1. The van der Waals surface area contributed by atoms with Gasteiger partial charge in [0.15, 0.2) is 0 Å². The molecule has 0 spiro atoms. The van der Waals surface area contributed by atoms with Crippen LogP contribution in [0.2, 0.25) is 10.0 Å². The Kier molecular flexibility index (Phi) is 7.39. The minimum absolute atomic E-state index is 0.157. The summed E-state index contributed by atoms with van der Waals surface area (Å²) in [6.07, 6.45) is -0.761. The van der Waals surface area contributed by atoms with Crippen LogP contribution in [0, 0.1) is 0 Å². The molecule has 0 unspecified atom stereocenters. The Morgan fingerprint density at radius 2 is 1.74 bits per heavy atom. The molecule has 3 aromatic rings. The average molecular weight is 460 g/mol. The number of carbonyl (C=O) groups is 2. The molecule has 31 heavy (non-hydrogen) atoms. The Morgan fingerprint density at radius 3 is 2.39 bits per heavy atom. The van der Waals surface area contributed by atoms with Crippen LogP contribution in [-0.2, 0) is 6.42 Å². The lowest BCUT2D eigenvalue weighted by Crippen LogP contribution is -2.26. The van der Waals surface area contributed by atoms with E-state index < -0.39 is 6.16 Å². The van der Waals surface area contributed by atoms with Gasteiger partial charge in [-0.15, -0.1) is 0 Å². The summed E-state index contributed by atoms with van der Waals surface area (Å²) < 4.78 is 9.81. The molecule has 0 aliphatic rings. The van der Waals surface area contributed by atoms with Crippen molar-refractivity contribution in [3.05, 3.63) is 81.8 Å². The summed E-state index contributed by atoms with van der Waals surface area (Å²) in [6.45, 7) is 0.440. The van der Waals surface area contributed by atoms with Gasteiger partial charge < -0.3 is 19.9 Å². The first-order valence-corrected chi connectivity index (χ1v) is 10.0. The summed E-state index contributed by atoms with van der Waals surface area (Å²) in [4.78, 5) is 23.1. The number of halogens is 2. The van der Waals surface area contributed by atoms with Crippen molar-refractivity contribution in [2.24, 2.45) is 0 Å². The van der Waals surface area contributed by atoms with E-state index in [0.717, 1.165) is 16.7 Å². The first-order valence-electron chi connectivity index (χ1n) is 9.28. The second kappa shape index (κ2) is 10.2. The molecule has 2 N–H and O–H groups in total. The maximum absolute atomic E-state index is 12.4. The van der Waals surface area contributed by atoms with E-state index in [0.29, 0.717) is 34.3 Å². The lowest BCUT2D eigenvalue weighted by Gasteiger charge is -2.10. The third-order valence-electron chi connectivity index (χ3n) is 4.52. The largest absolute Gasteiger partial charge is 0.511 e. The van der Waals surface area contributed by atoms with Crippen molar-refractivity contribution >= 4 is 35.3 Å². The monoisotopic (exact) mass is 459 g/mol. The molecule has 0 atom stereocenters. The van der Waals surface area contributed by atoms with Crippen molar-refractivity contribution < 1.29 is 24.2 Å². The number of methoxy groups -OCH3 is 1. The van der Waals surface area contributed by atoms with Gasteiger partial charge in [-0.2, -0.15) is 0 Å². The summed E-state index contributed by atoms with van der Waals surface area (Å²) in [5.41, 5.74) is 3.05. The van der Waals surface area contributed by atoms with Gasteiger partial charge in [-0.05, 0) is 47.9 Å². The Hall–Kier alpha value is -3.22. The molecular formula is C23H19Cl2NO5. The number of ether oxygens (including phenoxy) is 2. The number of rotatable bonds is 7. The fourth-order valence-electron chi connectivity index (χ4n) is 3.02. The van der Waals surface area contributed by atoms with Crippen LogP contribution in [0.15, 0.2) is 60.7 Å². The number of hydrogen-bond donors (Lipinski definition) is 2. The van der Waals surface area contributed by atoms with Crippen LogP contribution in [0.1, 0.15) is 15.9 Å². The maximum atomic E-state index is 12.4. The van der Waals surface area contributed by atoms with Gasteiger partial charge in [0.2, 0.25) is 0 Å². The molecule has 1 amide bonds. The number of nitrogens with one attached hydrogen (secondary N) is 1. The highest BCUT2D eigenvalue weighted by Crippen LogP contribution is 2.31. The van der Waals surface area contributed by atoms with Gasteiger partial charge in [-0.25, -0.2) is 4.79 Å². The highest BCUT2D eigenvalue weighted by atomic mass is 35.5. The van der Waals surface area contributed by atoms with Gasteiger partial charge in [-0.3, -0.25) is 4.79 Å². The summed E-state index contributed by atoms with van der Waals surface area (Å²) in [6, 6.07) is 17.3. The zero-order chi connectivity index (χ0) is 22.4. The molecular weight excluding hydrogens is 441 g/mol. The normalized spacial score (nSPS) is 10.4. The molecule has 0 aliphatic heterocycles. The van der Waals surface area contributed by atoms with Crippen molar-refractivity contribution in [3.63, 3.8) is 0 Å². The summed E-state index contributed by atoms with van der Waals surface area (Å²) in [5, 5.41) is 12.4. The minimum atomic E-state index is -1.39. The van der Waals surface area contributed by atoms with Crippen LogP contribution in [0.4, 0.5) is 4.79 Å². The van der Waals surface area contributed by atoms with Gasteiger partial charge >= 0.3 is 6.16 Å². The molecule has 3 aromatic carbocycles. The van der Waals surface area contributed by atoms with Crippen molar-refractivity contribution in [2.75, 3.05) is 13.7 Å². The quantitative estimate of drug-likeness (QED) is 0.349. The fraction of sp³-hybridized carbons (Fsp3) is 0.130. The van der Waals surface area contributed by atoms with Crippen molar-refractivity contribution in [1.82, 2.24) is 5.32 Å². The predicted octanol–water partition coefficient (Wildman–Crippen LogP) is 5.70. The van der Waals surface area contributed by atoms with E-state index in [1.807, 2.05) is 24.3 Å². The van der Waals surface area contributed by atoms with E-state index in [-0.39, 0.29) is 11.7 Å². The number of carbonyl (C=O) groups excluding carboxylic acids is 1. The molecule has 8 heteroatoms. The third kappa shape index (κ3) is 5.90. The average Bonchev–Trinajstić information content (AvgIpc) is 2.74. The van der Waals surface area contributed by atoms with E-state index in [1.165, 1.54) is 13.2 Å². The fourth-order valence-corrected chi connectivity index (χ4v) is 3.47.